The molecule has 3 heterocycles. The van der Waals surface area contributed by atoms with Gasteiger partial charge in [-0.3, -0.25) is 4.79 Å². The van der Waals surface area contributed by atoms with Gasteiger partial charge in [-0.25, -0.2) is 8.42 Å². The Labute approximate surface area is 189 Å². The smallest absolute Gasteiger partial charge is 0.254 e. The maximum Gasteiger partial charge on any atom is 0.254 e. The lowest BCUT2D eigenvalue weighted by Gasteiger charge is -2.34. The van der Waals surface area contributed by atoms with Crippen molar-refractivity contribution in [3.05, 3.63) is 29.8 Å². The minimum absolute atomic E-state index is 0.0674. The van der Waals surface area contributed by atoms with Crippen molar-refractivity contribution < 1.29 is 22.7 Å². The van der Waals surface area contributed by atoms with Crippen molar-refractivity contribution in [3.8, 4) is 0 Å². The van der Waals surface area contributed by atoms with Crippen molar-refractivity contribution in [3.63, 3.8) is 0 Å². The third-order valence-electron chi connectivity index (χ3n) is 6.14. The van der Waals surface area contributed by atoms with Crippen LogP contribution in [0.5, 0.6) is 0 Å². The van der Waals surface area contributed by atoms with E-state index >= 15 is 0 Å². The fourth-order valence-corrected chi connectivity index (χ4v) is 7.47. The summed E-state index contributed by atoms with van der Waals surface area (Å²) in [6.07, 6.45) is 2.69. The minimum atomic E-state index is -3.70. The Morgan fingerprint density at radius 1 is 1.23 bits per heavy atom. The Balaban J connectivity index is 1.57. The van der Waals surface area contributed by atoms with Gasteiger partial charge in [0.15, 0.2) is 0 Å². The van der Waals surface area contributed by atoms with Gasteiger partial charge < -0.3 is 14.4 Å². The molecule has 172 valence electrons. The lowest BCUT2D eigenvalue weighted by atomic mass is 10.1. The van der Waals surface area contributed by atoms with Gasteiger partial charge in [-0.2, -0.15) is 16.1 Å². The SMILES string of the molecule is CC1CN(S(=O)(=O)c2cccc(C(=O)N(CC3CCCO3)C3CCSC3)c2)CC(C)O1. The third-order valence-corrected chi connectivity index (χ3v) is 9.11. The summed E-state index contributed by atoms with van der Waals surface area (Å²) in [5, 5.41) is 0. The van der Waals surface area contributed by atoms with Crippen molar-refractivity contribution in [2.45, 2.75) is 62.4 Å². The molecular formula is C22H32N2O5S2. The molecule has 0 saturated carbocycles. The van der Waals surface area contributed by atoms with E-state index in [1.165, 1.54) is 10.4 Å². The van der Waals surface area contributed by atoms with E-state index in [4.69, 9.17) is 9.47 Å². The van der Waals surface area contributed by atoms with E-state index in [2.05, 4.69) is 0 Å². The lowest BCUT2D eigenvalue weighted by molar-refractivity contribution is -0.0440. The first-order valence-corrected chi connectivity index (χ1v) is 13.7. The molecule has 4 atom stereocenters. The molecule has 3 aliphatic heterocycles. The number of carbonyl (C=O) groups excluding carboxylic acids is 1. The second-order valence-electron chi connectivity index (χ2n) is 8.72. The number of morpholine rings is 1. The van der Waals surface area contributed by atoms with E-state index in [1.807, 2.05) is 30.5 Å². The fourth-order valence-electron chi connectivity index (χ4n) is 4.60. The van der Waals surface area contributed by atoms with E-state index in [0.29, 0.717) is 25.2 Å². The average molecular weight is 469 g/mol. The van der Waals surface area contributed by atoms with E-state index < -0.39 is 10.0 Å². The maximum absolute atomic E-state index is 13.5. The second kappa shape index (κ2) is 9.79. The first kappa shape index (κ1) is 23.0. The molecule has 31 heavy (non-hydrogen) atoms. The maximum atomic E-state index is 13.5. The lowest BCUT2D eigenvalue weighted by Crippen LogP contribution is -2.48. The predicted molar refractivity (Wildman–Crippen MR) is 121 cm³/mol. The zero-order valence-electron chi connectivity index (χ0n) is 18.2. The number of thioether (sulfide) groups is 1. The van der Waals surface area contributed by atoms with Crippen LogP contribution in [-0.2, 0) is 19.5 Å². The molecule has 0 bridgehead atoms. The number of hydrogen-bond acceptors (Lipinski definition) is 6. The molecule has 3 saturated heterocycles. The average Bonchev–Trinajstić information content (AvgIpc) is 3.45. The highest BCUT2D eigenvalue weighted by Gasteiger charge is 2.34. The fraction of sp³-hybridized carbons (Fsp3) is 0.682. The van der Waals surface area contributed by atoms with Crippen LogP contribution in [0.4, 0.5) is 0 Å². The van der Waals surface area contributed by atoms with Crippen LogP contribution < -0.4 is 0 Å². The normalized spacial score (nSPS) is 29.9. The van der Waals surface area contributed by atoms with E-state index in [9.17, 15) is 13.2 Å². The first-order valence-electron chi connectivity index (χ1n) is 11.1. The molecular weight excluding hydrogens is 436 g/mol. The number of amides is 1. The van der Waals surface area contributed by atoms with Crippen LogP contribution in [0.1, 0.15) is 43.5 Å². The number of carbonyl (C=O) groups is 1. The molecule has 4 rings (SSSR count). The summed E-state index contributed by atoms with van der Waals surface area (Å²) in [5.41, 5.74) is 0.422. The molecule has 0 aliphatic carbocycles. The highest BCUT2D eigenvalue weighted by Crippen LogP contribution is 2.27. The number of rotatable bonds is 6. The van der Waals surface area contributed by atoms with Crippen LogP contribution in [-0.4, -0.2) is 85.6 Å². The molecule has 0 aromatic heterocycles. The van der Waals surface area contributed by atoms with E-state index in [0.717, 1.165) is 37.4 Å². The molecule has 4 unspecified atom stereocenters. The van der Waals surface area contributed by atoms with Gasteiger partial charge >= 0.3 is 0 Å². The topological polar surface area (TPSA) is 76.2 Å². The molecule has 9 heteroatoms. The summed E-state index contributed by atoms with van der Waals surface area (Å²) >= 11 is 1.86. The number of nitrogens with zero attached hydrogens (tertiary/aromatic N) is 2. The van der Waals surface area contributed by atoms with Crippen molar-refractivity contribution in [1.82, 2.24) is 9.21 Å². The van der Waals surface area contributed by atoms with Crippen LogP contribution in [0.3, 0.4) is 0 Å². The van der Waals surface area contributed by atoms with E-state index in [-0.39, 0.29) is 35.2 Å². The Morgan fingerprint density at radius 2 is 2.00 bits per heavy atom. The van der Waals surface area contributed by atoms with Gasteiger partial charge in [-0.05, 0) is 57.1 Å². The Kier molecular flexibility index (Phi) is 7.27. The number of ether oxygens (including phenoxy) is 2. The predicted octanol–water partition coefficient (Wildman–Crippen LogP) is 2.61. The van der Waals surface area contributed by atoms with Crippen molar-refractivity contribution in [2.75, 3.05) is 37.7 Å². The highest BCUT2D eigenvalue weighted by molar-refractivity contribution is 7.99. The summed E-state index contributed by atoms with van der Waals surface area (Å²) < 4.78 is 39.5. The van der Waals surface area contributed by atoms with Gasteiger partial charge in [0, 0.05) is 43.6 Å². The third kappa shape index (κ3) is 5.27. The van der Waals surface area contributed by atoms with Gasteiger partial charge in [-0.15, -0.1) is 0 Å². The molecule has 7 nitrogen and oxygen atoms in total. The minimum Gasteiger partial charge on any atom is -0.376 e. The Bertz CT molecular complexity index is 872. The summed E-state index contributed by atoms with van der Waals surface area (Å²) in [5.74, 6) is 1.85. The molecule has 1 aromatic carbocycles. The molecule has 0 radical (unpaired) electrons. The molecule has 1 amide bonds. The van der Waals surface area contributed by atoms with Crippen molar-refractivity contribution in [2.24, 2.45) is 0 Å². The van der Waals surface area contributed by atoms with E-state index in [1.54, 1.807) is 18.2 Å². The number of benzene rings is 1. The van der Waals surface area contributed by atoms with Crippen LogP contribution in [0.15, 0.2) is 29.2 Å². The van der Waals surface area contributed by atoms with Crippen LogP contribution in [0.2, 0.25) is 0 Å². The van der Waals surface area contributed by atoms with Crippen LogP contribution in [0, 0.1) is 0 Å². The van der Waals surface area contributed by atoms with Gasteiger partial charge in [0.25, 0.3) is 5.91 Å². The quantitative estimate of drug-likeness (QED) is 0.639. The monoisotopic (exact) mass is 468 g/mol. The molecule has 3 aliphatic rings. The summed E-state index contributed by atoms with van der Waals surface area (Å²) in [7, 11) is -3.70. The summed E-state index contributed by atoms with van der Waals surface area (Å²) in [4.78, 5) is 15.6. The summed E-state index contributed by atoms with van der Waals surface area (Å²) in [6, 6.07) is 6.67. The van der Waals surface area contributed by atoms with Crippen molar-refractivity contribution >= 4 is 27.7 Å². The number of hydrogen-bond donors (Lipinski definition) is 0. The zero-order chi connectivity index (χ0) is 22.0. The number of sulfonamides is 1. The highest BCUT2D eigenvalue weighted by atomic mass is 32.2. The first-order chi connectivity index (χ1) is 14.8. The van der Waals surface area contributed by atoms with Gasteiger partial charge in [0.05, 0.1) is 23.2 Å². The molecule has 0 spiro atoms. The van der Waals surface area contributed by atoms with Gasteiger partial charge in [0.1, 0.15) is 0 Å². The Hall–Kier alpha value is -1.13. The molecule has 1 aromatic rings. The molecule has 0 N–H and O–H groups in total. The largest absolute Gasteiger partial charge is 0.376 e. The molecule has 3 fully saturated rings. The standard InChI is InChI=1S/C22H32N2O5S2/c1-16-12-23(13-17(2)29-16)31(26,27)21-7-3-5-18(11-21)22(25)24(19-8-10-30-15-19)14-20-6-4-9-28-20/h3,5,7,11,16-17,19-20H,4,6,8-10,12-15H2,1-2H3. The van der Waals surface area contributed by atoms with Gasteiger partial charge in [-0.1, -0.05) is 6.07 Å². The summed E-state index contributed by atoms with van der Waals surface area (Å²) in [6.45, 7) is 5.70. The van der Waals surface area contributed by atoms with Crippen LogP contribution in [0.25, 0.3) is 0 Å². The second-order valence-corrected chi connectivity index (χ2v) is 11.8. The van der Waals surface area contributed by atoms with Crippen LogP contribution >= 0.6 is 11.8 Å². The zero-order valence-corrected chi connectivity index (χ0v) is 19.9. The Morgan fingerprint density at radius 3 is 2.65 bits per heavy atom. The van der Waals surface area contributed by atoms with Crippen molar-refractivity contribution in [1.29, 1.82) is 0 Å². The van der Waals surface area contributed by atoms with Gasteiger partial charge in [0.2, 0.25) is 10.0 Å².